The fraction of sp³-hybridized carbons (Fsp3) is 0.571. The van der Waals surface area contributed by atoms with Gasteiger partial charge >= 0.3 is 0 Å². The number of hydrogen-bond donors (Lipinski definition) is 0. The van der Waals surface area contributed by atoms with Gasteiger partial charge in [-0.05, 0) is 19.9 Å². The van der Waals surface area contributed by atoms with E-state index in [2.05, 4.69) is 15.0 Å². The van der Waals surface area contributed by atoms with Crippen LogP contribution in [0.3, 0.4) is 0 Å². The number of rotatable bonds is 5. The zero-order chi connectivity index (χ0) is 16.4. The fourth-order valence-electron chi connectivity index (χ4n) is 2.79. The summed E-state index contributed by atoms with van der Waals surface area (Å²) in [6.45, 7) is 8.01. The van der Waals surface area contributed by atoms with E-state index >= 15 is 0 Å². The van der Waals surface area contributed by atoms with Gasteiger partial charge < -0.3 is 0 Å². The molecule has 9 heteroatoms. The zero-order valence-electron chi connectivity index (χ0n) is 13.3. The number of sulfonamides is 1. The third-order valence-corrected chi connectivity index (χ3v) is 7.18. The van der Waals surface area contributed by atoms with Crippen molar-refractivity contribution in [3.8, 4) is 0 Å². The molecule has 7 nitrogen and oxygen atoms in total. The van der Waals surface area contributed by atoms with Crippen LogP contribution in [-0.2, 0) is 16.6 Å². The molecule has 0 N–H and O–H groups in total. The Bertz CT molecular complexity index is 746. The van der Waals surface area contributed by atoms with Gasteiger partial charge in [0.2, 0.25) is 10.0 Å². The monoisotopic (exact) mass is 355 g/mol. The number of thiophene rings is 1. The summed E-state index contributed by atoms with van der Waals surface area (Å²) in [6, 6.07) is 1.78. The first kappa shape index (κ1) is 16.6. The summed E-state index contributed by atoms with van der Waals surface area (Å²) in [5, 5.41) is 4.08. The zero-order valence-corrected chi connectivity index (χ0v) is 15.0. The van der Waals surface area contributed by atoms with E-state index in [1.165, 1.54) is 17.7 Å². The minimum absolute atomic E-state index is 0.469. The minimum atomic E-state index is -3.36. The quantitative estimate of drug-likeness (QED) is 0.799. The van der Waals surface area contributed by atoms with Crippen molar-refractivity contribution in [2.45, 2.75) is 25.3 Å². The van der Waals surface area contributed by atoms with Crippen LogP contribution in [-0.4, -0.2) is 65.1 Å². The molecule has 0 spiro atoms. The van der Waals surface area contributed by atoms with Gasteiger partial charge in [-0.3, -0.25) is 9.58 Å². The lowest BCUT2D eigenvalue weighted by molar-refractivity contribution is 0.181. The molecule has 3 heterocycles. The molecule has 0 aliphatic carbocycles. The fourth-order valence-corrected chi connectivity index (χ4v) is 5.73. The van der Waals surface area contributed by atoms with Gasteiger partial charge in [-0.15, -0.1) is 11.3 Å². The van der Waals surface area contributed by atoms with Crippen LogP contribution < -0.4 is 0 Å². The smallest absolute Gasteiger partial charge is 0.244 e. The molecule has 0 saturated carbocycles. The van der Waals surface area contributed by atoms with Crippen LogP contribution in [0.15, 0.2) is 23.6 Å². The number of nitrogens with zero attached hydrogens (tertiary/aromatic N) is 5. The normalized spacial score (nSPS) is 17.7. The predicted molar refractivity (Wildman–Crippen MR) is 89.0 cm³/mol. The highest BCUT2D eigenvalue weighted by atomic mass is 32.2. The molecule has 0 unspecified atom stereocenters. The Morgan fingerprint density at radius 1 is 1.17 bits per heavy atom. The molecule has 3 rings (SSSR count). The van der Waals surface area contributed by atoms with Gasteiger partial charge in [-0.2, -0.15) is 9.40 Å². The van der Waals surface area contributed by atoms with E-state index in [1.807, 2.05) is 13.8 Å². The maximum atomic E-state index is 12.8. The number of hydrogen-bond acceptors (Lipinski definition) is 6. The molecular formula is C14H21N5O2S2. The van der Waals surface area contributed by atoms with E-state index in [0.29, 0.717) is 18.0 Å². The summed E-state index contributed by atoms with van der Waals surface area (Å²) < 4.78 is 28.9. The highest BCUT2D eigenvalue weighted by Gasteiger charge is 2.30. The summed E-state index contributed by atoms with van der Waals surface area (Å²) >= 11 is 1.54. The molecule has 2 aromatic heterocycles. The first-order valence-corrected chi connectivity index (χ1v) is 9.84. The lowest BCUT2D eigenvalue weighted by atomic mass is 10.3. The van der Waals surface area contributed by atoms with Crippen molar-refractivity contribution in [1.82, 2.24) is 24.0 Å². The molecule has 1 aliphatic heterocycles. The van der Waals surface area contributed by atoms with Crippen LogP contribution in [0.25, 0.3) is 0 Å². The average molecular weight is 355 g/mol. The maximum absolute atomic E-state index is 12.8. The molecule has 23 heavy (non-hydrogen) atoms. The van der Waals surface area contributed by atoms with Crippen LogP contribution in [0.4, 0.5) is 0 Å². The van der Waals surface area contributed by atoms with Crippen molar-refractivity contribution < 1.29 is 8.42 Å². The number of piperazine rings is 1. The van der Waals surface area contributed by atoms with Crippen LogP contribution in [0.1, 0.15) is 9.75 Å². The van der Waals surface area contributed by atoms with Gasteiger partial charge in [-0.25, -0.2) is 13.4 Å². The maximum Gasteiger partial charge on any atom is 0.244 e. The van der Waals surface area contributed by atoms with Gasteiger partial charge in [0.05, 0.1) is 11.4 Å². The predicted octanol–water partition coefficient (Wildman–Crippen LogP) is 0.963. The topological polar surface area (TPSA) is 71.3 Å². The van der Waals surface area contributed by atoms with E-state index in [1.54, 1.807) is 21.4 Å². The van der Waals surface area contributed by atoms with E-state index in [-0.39, 0.29) is 0 Å². The molecule has 1 saturated heterocycles. The summed E-state index contributed by atoms with van der Waals surface area (Å²) in [7, 11) is -3.36. The number of aromatic nitrogens is 3. The van der Waals surface area contributed by atoms with Gasteiger partial charge in [0.1, 0.15) is 12.7 Å². The van der Waals surface area contributed by atoms with Crippen molar-refractivity contribution >= 4 is 21.4 Å². The number of aryl methyl sites for hydroxylation is 2. The highest BCUT2D eigenvalue weighted by Crippen LogP contribution is 2.28. The molecule has 0 aromatic carbocycles. The first-order chi connectivity index (χ1) is 11.0. The average Bonchev–Trinajstić information content (AvgIpc) is 3.15. The van der Waals surface area contributed by atoms with Crippen molar-refractivity contribution in [3.05, 3.63) is 28.5 Å². The second kappa shape index (κ2) is 6.68. The SMILES string of the molecule is Cc1cc(S(=O)(=O)N2CCN(CCn3cncn3)CC2)c(C)s1. The van der Waals surface area contributed by atoms with E-state index in [0.717, 1.165) is 35.9 Å². The first-order valence-electron chi connectivity index (χ1n) is 7.59. The lowest BCUT2D eigenvalue weighted by Crippen LogP contribution is -2.49. The second-order valence-electron chi connectivity index (χ2n) is 5.68. The Kier molecular flexibility index (Phi) is 4.81. The summed E-state index contributed by atoms with van der Waals surface area (Å²) in [4.78, 5) is 8.56. The van der Waals surface area contributed by atoms with Crippen LogP contribution in [0, 0.1) is 13.8 Å². The molecule has 0 bridgehead atoms. The van der Waals surface area contributed by atoms with Gasteiger partial charge in [-0.1, -0.05) is 0 Å². The molecule has 1 aliphatic rings. The third kappa shape index (κ3) is 3.63. The van der Waals surface area contributed by atoms with E-state index in [9.17, 15) is 8.42 Å². The standard InChI is InChI=1S/C14H21N5O2S2/c1-12-9-14(13(2)22-12)23(20,21)19-7-4-17(5-8-19)3-6-18-11-15-10-16-18/h9-11H,3-8H2,1-2H3. The molecule has 1 fully saturated rings. The van der Waals surface area contributed by atoms with Gasteiger partial charge in [0.25, 0.3) is 0 Å². The summed E-state index contributed by atoms with van der Waals surface area (Å²) in [5.41, 5.74) is 0. The Morgan fingerprint density at radius 2 is 1.91 bits per heavy atom. The van der Waals surface area contributed by atoms with Crippen LogP contribution >= 0.6 is 11.3 Å². The minimum Gasteiger partial charge on any atom is -0.299 e. The van der Waals surface area contributed by atoms with Crippen LogP contribution in [0.2, 0.25) is 0 Å². The van der Waals surface area contributed by atoms with Crippen molar-refractivity contribution in [2.24, 2.45) is 0 Å². The van der Waals surface area contributed by atoms with Crippen molar-refractivity contribution in [1.29, 1.82) is 0 Å². The molecule has 2 aromatic rings. The van der Waals surface area contributed by atoms with Crippen molar-refractivity contribution in [3.63, 3.8) is 0 Å². The van der Waals surface area contributed by atoms with Crippen LogP contribution in [0.5, 0.6) is 0 Å². The second-order valence-corrected chi connectivity index (χ2v) is 9.05. The van der Waals surface area contributed by atoms with E-state index in [4.69, 9.17) is 0 Å². The largest absolute Gasteiger partial charge is 0.299 e. The Balaban J connectivity index is 1.59. The molecular weight excluding hydrogens is 334 g/mol. The van der Waals surface area contributed by atoms with E-state index < -0.39 is 10.0 Å². The lowest BCUT2D eigenvalue weighted by Gasteiger charge is -2.33. The Morgan fingerprint density at radius 3 is 2.48 bits per heavy atom. The Hall–Kier alpha value is -1.29. The molecule has 0 atom stereocenters. The molecule has 0 radical (unpaired) electrons. The molecule has 126 valence electrons. The summed E-state index contributed by atoms with van der Waals surface area (Å²) in [6.07, 6.45) is 3.22. The highest BCUT2D eigenvalue weighted by molar-refractivity contribution is 7.89. The van der Waals surface area contributed by atoms with Crippen molar-refractivity contribution in [2.75, 3.05) is 32.7 Å². The third-order valence-electron chi connectivity index (χ3n) is 4.06. The van der Waals surface area contributed by atoms with Gasteiger partial charge in [0.15, 0.2) is 0 Å². The Labute approximate surface area is 140 Å². The summed E-state index contributed by atoms with van der Waals surface area (Å²) in [5.74, 6) is 0. The molecule has 0 amide bonds. The van der Waals surface area contributed by atoms with Gasteiger partial charge in [0, 0.05) is 42.5 Å².